The fraction of sp³-hybridized carbons (Fsp3) is 0.368. The van der Waals surface area contributed by atoms with Gasteiger partial charge in [-0.2, -0.15) is 30.2 Å². The highest BCUT2D eigenvalue weighted by Gasteiger charge is 2.36. The summed E-state index contributed by atoms with van der Waals surface area (Å²) in [6.07, 6.45) is 13.1. The molecule has 18 nitrogen and oxygen atoms in total. The predicted molar refractivity (Wildman–Crippen MR) is 382 cm³/mol. The molecule has 99 heavy (non-hydrogen) atoms. The molecule has 0 unspecified atom stereocenters. The number of alkyl halides is 3. The van der Waals surface area contributed by atoms with Crippen molar-refractivity contribution in [1.82, 2.24) is 42.7 Å². The van der Waals surface area contributed by atoms with Crippen LogP contribution in [0, 0.1) is 0 Å². The molecule has 15 rings (SSSR count). The number of hydrogen-bond acceptors (Lipinski definition) is 9. The van der Waals surface area contributed by atoms with Crippen molar-refractivity contribution in [2.45, 2.75) is 95.9 Å². The Morgan fingerprint density at radius 1 is 0.495 bits per heavy atom. The minimum absolute atomic E-state index is 0.0315. The van der Waals surface area contributed by atoms with Gasteiger partial charge in [-0.05, 0) is 139 Å². The maximum Gasteiger partial charge on any atom is 0.416 e. The van der Waals surface area contributed by atoms with E-state index >= 15 is 0 Å². The van der Waals surface area contributed by atoms with Crippen molar-refractivity contribution in [3.63, 3.8) is 0 Å². The molecule has 10 aromatic rings. The summed E-state index contributed by atoms with van der Waals surface area (Å²) in [5.41, 5.74) is 11.3. The smallest absolute Gasteiger partial charge is 0.416 e. The van der Waals surface area contributed by atoms with Crippen LogP contribution >= 0.6 is 0 Å². The average molecular weight is 1390 g/mol. The zero-order valence-corrected chi connectivity index (χ0v) is 57.7. The number of piperidine rings is 3. The van der Waals surface area contributed by atoms with Crippen molar-refractivity contribution in [1.29, 1.82) is 0 Å². The monoisotopic (exact) mass is 1390 g/mol. The molecule has 0 radical (unpaired) electrons. The number of hydrogen-bond donors (Lipinski definition) is 4. The molecular weight excluding hydrogens is 1300 g/mol. The molecule has 4 N–H and O–H groups in total. The number of H-pyrrole nitrogens is 4. The number of ether oxygens (including phenoxy) is 3. The number of benzene rings is 6. The van der Waals surface area contributed by atoms with E-state index in [0.29, 0.717) is 108 Å². The molecule has 4 aromatic heterocycles. The van der Waals surface area contributed by atoms with E-state index in [-0.39, 0.29) is 11.8 Å². The van der Waals surface area contributed by atoms with Crippen LogP contribution in [0.15, 0.2) is 170 Å². The van der Waals surface area contributed by atoms with Crippen molar-refractivity contribution < 1.29 is 53.8 Å². The maximum absolute atomic E-state index is 12.7. The fourth-order valence-electron chi connectivity index (χ4n) is 14.1. The van der Waals surface area contributed by atoms with Crippen LogP contribution in [-0.4, -0.2) is 156 Å². The highest BCUT2D eigenvalue weighted by atomic mass is 32.2. The third kappa shape index (κ3) is 17.1. The first-order valence-electron chi connectivity index (χ1n) is 34.0. The largest absolute Gasteiger partial charge is 0.489 e. The second-order valence-corrected chi connectivity index (χ2v) is 30.0. The molecule has 6 aromatic carbocycles. The van der Waals surface area contributed by atoms with Crippen molar-refractivity contribution in [3.8, 4) is 11.5 Å². The number of aromatic amines is 4. The standard InChI is InChI=1S/C22H24N2O2.C21H24N2O3S.C17H23N3O3S.C16H15F3N2O/c1-16(25)24-11-9-18(10-12-24)21-14-23-22-13-19(7-8-20(21)22)26-15-17-5-3-2-4-6-17;1-27(24,25)23-11-9-17(10-12-23)20-14-22-21-13-18(7-8-19(20)21)26-15-16-5-3-2-4-6-16;21-24(22,20-9-11-23-12-10-20)19-7-5-14(6-8-19)16-13-18-17-4-2-1-3-15(16)17;1-10(22)21-6-4-11(5-7-21)14-9-20-15-8-12(16(17,18)19)2-3-13(14)15/h2-8,13-14,18,23H,9-12,15H2,1H3;2-8,13-14,17,22H,9-12,15H2,1H3;1-4,13-14,18H,5-12H2;2-4,8-9,20H,5-7H2,1H3. The Kier molecular flexibility index (Phi) is 22.1. The number of para-hydroxylation sites is 1. The summed E-state index contributed by atoms with van der Waals surface area (Å²) in [4.78, 5) is 39.5. The molecular formula is C76H86F3N9O9S2. The zero-order valence-electron chi connectivity index (χ0n) is 56.1. The number of sulfonamides is 1. The number of likely N-dealkylation sites (tertiary alicyclic amines) is 1. The van der Waals surface area contributed by atoms with E-state index in [2.05, 4.69) is 87.1 Å². The minimum Gasteiger partial charge on any atom is -0.489 e. The van der Waals surface area contributed by atoms with Gasteiger partial charge < -0.3 is 43.9 Å². The molecule has 2 amide bonds. The second kappa shape index (κ2) is 31.2. The molecule has 5 aliphatic heterocycles. The van der Waals surface area contributed by atoms with Gasteiger partial charge in [-0.25, -0.2) is 12.7 Å². The summed E-state index contributed by atoms with van der Waals surface area (Å²) < 4.78 is 109. The summed E-state index contributed by atoms with van der Waals surface area (Å²) in [7, 11) is -6.43. The van der Waals surface area contributed by atoms with Gasteiger partial charge in [-0.3, -0.25) is 9.59 Å². The first-order valence-corrected chi connectivity index (χ1v) is 37.3. The highest BCUT2D eigenvalue weighted by Crippen LogP contribution is 2.39. The molecule has 9 heterocycles. The van der Waals surface area contributed by atoms with Gasteiger partial charge in [0.1, 0.15) is 24.7 Å². The summed E-state index contributed by atoms with van der Waals surface area (Å²) in [5, 5.41) is 4.49. The Balaban J connectivity index is 0.000000126. The fourth-order valence-corrected chi connectivity index (χ4v) is 16.6. The van der Waals surface area contributed by atoms with E-state index in [9.17, 15) is 39.6 Å². The van der Waals surface area contributed by atoms with E-state index in [1.54, 1.807) is 30.9 Å². The van der Waals surface area contributed by atoms with Crippen LogP contribution in [0.25, 0.3) is 49.2 Å². The first-order chi connectivity index (χ1) is 47.7. The van der Waals surface area contributed by atoms with Crippen LogP contribution in [0.3, 0.4) is 0 Å². The van der Waals surface area contributed by atoms with E-state index in [1.807, 2.05) is 83.8 Å². The van der Waals surface area contributed by atoms with Crippen LogP contribution in [0.2, 0.25) is 0 Å². The molecule has 0 spiro atoms. The minimum atomic E-state index is -4.34. The Labute approximate surface area is 576 Å². The van der Waals surface area contributed by atoms with E-state index in [4.69, 9.17) is 14.2 Å². The summed E-state index contributed by atoms with van der Waals surface area (Å²) in [5.74, 6) is 3.24. The molecule has 0 saturated carbocycles. The summed E-state index contributed by atoms with van der Waals surface area (Å²) in [6.45, 7) is 11.4. The number of amides is 2. The van der Waals surface area contributed by atoms with Crippen molar-refractivity contribution in [3.05, 3.63) is 209 Å². The lowest BCUT2D eigenvalue weighted by Gasteiger charge is -2.36. The van der Waals surface area contributed by atoms with Gasteiger partial charge in [0.15, 0.2) is 0 Å². The van der Waals surface area contributed by atoms with Crippen LogP contribution in [0.5, 0.6) is 11.5 Å². The van der Waals surface area contributed by atoms with Crippen LogP contribution in [0.4, 0.5) is 13.2 Å². The molecule has 0 bridgehead atoms. The van der Waals surface area contributed by atoms with E-state index < -0.39 is 32.0 Å². The molecule has 4 saturated heterocycles. The number of aromatic nitrogens is 4. The lowest BCUT2D eigenvalue weighted by molar-refractivity contribution is -0.137. The van der Waals surface area contributed by atoms with Crippen molar-refractivity contribution in [2.24, 2.45) is 0 Å². The van der Waals surface area contributed by atoms with Gasteiger partial charge in [0.05, 0.1) is 25.0 Å². The topological polar surface area (TPSA) is 209 Å². The Morgan fingerprint density at radius 2 is 0.939 bits per heavy atom. The molecule has 23 heteroatoms. The van der Waals surface area contributed by atoms with Gasteiger partial charge in [-0.1, -0.05) is 91.0 Å². The second-order valence-electron chi connectivity index (χ2n) is 26.1. The van der Waals surface area contributed by atoms with Gasteiger partial charge in [0, 0.05) is 165 Å². The third-order valence-electron chi connectivity index (χ3n) is 19.8. The Bertz CT molecular complexity index is 4660. The number of carbonyl (C=O) groups excluding carboxylic acids is 2. The molecule has 5 aliphatic rings. The van der Waals surface area contributed by atoms with Gasteiger partial charge >= 0.3 is 6.18 Å². The van der Waals surface area contributed by atoms with Crippen LogP contribution in [0.1, 0.15) is 115 Å². The Hall–Kier alpha value is -8.71. The normalized spacial score (nSPS) is 17.5. The van der Waals surface area contributed by atoms with Crippen molar-refractivity contribution >= 4 is 81.2 Å². The van der Waals surface area contributed by atoms with Gasteiger partial charge in [-0.15, -0.1) is 0 Å². The first kappa shape index (κ1) is 70.2. The third-order valence-corrected chi connectivity index (χ3v) is 23.1. The molecule has 0 atom stereocenters. The molecule has 522 valence electrons. The number of fused-ring (bicyclic) bond motifs is 4. The Morgan fingerprint density at radius 3 is 1.43 bits per heavy atom. The number of morpholine rings is 1. The predicted octanol–water partition coefficient (Wildman–Crippen LogP) is 14.1. The summed E-state index contributed by atoms with van der Waals surface area (Å²) in [6, 6.07) is 44.8. The number of rotatable bonds is 13. The van der Waals surface area contributed by atoms with Gasteiger partial charge in [0.25, 0.3) is 10.2 Å². The lowest BCUT2D eigenvalue weighted by Crippen LogP contribution is -2.50. The zero-order chi connectivity index (χ0) is 69.3. The van der Waals surface area contributed by atoms with Crippen molar-refractivity contribution in [2.75, 3.05) is 84.9 Å². The quantitative estimate of drug-likeness (QED) is 0.0864. The van der Waals surface area contributed by atoms with Crippen LogP contribution < -0.4 is 9.47 Å². The average Bonchev–Trinajstić information content (AvgIpc) is 1.72. The summed E-state index contributed by atoms with van der Waals surface area (Å²) >= 11 is 0. The van der Waals surface area contributed by atoms with E-state index in [1.165, 1.54) is 52.1 Å². The molecule has 4 fully saturated rings. The van der Waals surface area contributed by atoms with Crippen LogP contribution in [-0.2, 0) is 53.9 Å². The maximum atomic E-state index is 12.7. The SMILES string of the molecule is CC(=O)N1CC=C(c2c[nH]c3cc(C(F)(F)F)ccc23)CC1.CC(=O)N1CCC(c2c[nH]c3cc(OCc4ccccc4)ccc23)CC1.CS(=O)(=O)N1CCC(c2c[nH]c3cc(OCc4ccccc4)ccc23)CC1.O=S(=O)(N1CCOCC1)N1CCC(c2c[nH]c3ccccc23)CC1. The number of carbonyl (C=O) groups is 2. The molecule has 0 aliphatic carbocycles. The van der Waals surface area contributed by atoms with E-state index in [0.717, 1.165) is 119 Å². The number of halogens is 3. The number of nitrogens with one attached hydrogen (secondary N) is 4. The van der Waals surface area contributed by atoms with Gasteiger partial charge in [0.2, 0.25) is 21.8 Å². The highest BCUT2D eigenvalue weighted by molar-refractivity contribution is 7.88. The number of nitrogens with zero attached hydrogens (tertiary/aromatic N) is 5. The lowest BCUT2D eigenvalue weighted by atomic mass is 9.89.